The predicted octanol–water partition coefficient (Wildman–Crippen LogP) is 3.97. The number of hydrogen-bond acceptors (Lipinski definition) is 2. The van der Waals surface area contributed by atoms with Crippen molar-refractivity contribution in [1.82, 2.24) is 5.32 Å². The summed E-state index contributed by atoms with van der Waals surface area (Å²) in [5.74, 6) is 0.484. The maximum Gasteiger partial charge on any atom is 0.188 e. The van der Waals surface area contributed by atoms with E-state index in [-0.39, 0.29) is 29.4 Å². The van der Waals surface area contributed by atoms with Crippen molar-refractivity contribution in [1.29, 1.82) is 0 Å². The quantitative estimate of drug-likeness (QED) is 0.388. The average Bonchev–Trinajstić information content (AvgIpc) is 2.51. The number of nitrogens with zero attached hydrogens (tertiary/aromatic N) is 1. The highest BCUT2D eigenvalue weighted by molar-refractivity contribution is 14.0. The van der Waals surface area contributed by atoms with Gasteiger partial charge in [0.2, 0.25) is 0 Å². The molecule has 130 valence electrons. The van der Waals surface area contributed by atoms with Crippen molar-refractivity contribution in [3.8, 4) is 0 Å². The van der Waals surface area contributed by atoms with Gasteiger partial charge in [0.05, 0.1) is 6.54 Å². The van der Waals surface area contributed by atoms with Crippen molar-refractivity contribution in [3.63, 3.8) is 0 Å². The Balaban J connectivity index is 0.00000264. The second-order valence-electron chi connectivity index (χ2n) is 5.65. The number of nitrogens with two attached hydrogens (primary N) is 1. The molecule has 0 bridgehead atoms. The maximum absolute atomic E-state index is 6.43. The van der Waals surface area contributed by atoms with Crippen LogP contribution in [0.1, 0.15) is 31.7 Å². The molecule has 4 nitrogen and oxygen atoms in total. The molecule has 7 heteroatoms. The molecule has 0 aromatic heterocycles. The molecule has 0 aliphatic carbocycles. The van der Waals surface area contributed by atoms with E-state index in [9.17, 15) is 0 Å². The van der Waals surface area contributed by atoms with Gasteiger partial charge in [-0.25, -0.2) is 0 Å². The number of nitrogens with one attached hydrogen (secondary N) is 1. The zero-order valence-electron chi connectivity index (χ0n) is 13.3. The summed E-state index contributed by atoms with van der Waals surface area (Å²) >= 11 is 12.5. The standard InChI is InChI=1S/C16H23Cl2N3O.HI/c1-2-7-20-15(19)21-11-16(5-8-22-9-6-16)13-4-3-12(17)10-14(13)18;/h3-4,10H,2,5-9,11H2,1H3,(H3,19,20,21);1H. The number of rotatable bonds is 5. The first-order chi connectivity index (χ1) is 10.6. The van der Waals surface area contributed by atoms with Crippen molar-refractivity contribution in [2.45, 2.75) is 31.6 Å². The van der Waals surface area contributed by atoms with Gasteiger partial charge in [0, 0.05) is 35.2 Å². The molecule has 1 fully saturated rings. The second kappa shape index (κ2) is 9.91. The van der Waals surface area contributed by atoms with Crippen LogP contribution in [0.5, 0.6) is 0 Å². The summed E-state index contributed by atoms with van der Waals surface area (Å²) in [6.45, 7) is 4.93. The molecule has 1 saturated heterocycles. The van der Waals surface area contributed by atoms with E-state index in [1.807, 2.05) is 12.1 Å². The van der Waals surface area contributed by atoms with E-state index in [0.29, 0.717) is 35.8 Å². The van der Waals surface area contributed by atoms with Crippen LogP contribution in [0.2, 0.25) is 10.0 Å². The molecule has 0 spiro atoms. The fourth-order valence-electron chi connectivity index (χ4n) is 2.74. The highest BCUT2D eigenvalue weighted by atomic mass is 127. The van der Waals surface area contributed by atoms with E-state index in [0.717, 1.165) is 31.4 Å². The molecule has 1 aromatic carbocycles. The van der Waals surface area contributed by atoms with Gasteiger partial charge in [-0.05, 0) is 37.0 Å². The molecular weight excluding hydrogens is 448 g/mol. The maximum atomic E-state index is 6.43. The number of halogens is 3. The smallest absolute Gasteiger partial charge is 0.188 e. The lowest BCUT2D eigenvalue weighted by Gasteiger charge is -2.37. The Kier molecular flexibility index (Phi) is 8.97. The minimum absolute atomic E-state index is 0. The number of ether oxygens (including phenoxy) is 1. The molecule has 0 radical (unpaired) electrons. The number of aliphatic imine (C=N–C) groups is 1. The molecule has 0 saturated carbocycles. The van der Waals surface area contributed by atoms with Crippen LogP contribution in [0.15, 0.2) is 23.2 Å². The lowest BCUT2D eigenvalue weighted by Crippen LogP contribution is -2.39. The first kappa shape index (κ1) is 20.8. The highest BCUT2D eigenvalue weighted by Crippen LogP contribution is 2.39. The molecule has 0 unspecified atom stereocenters. The highest BCUT2D eigenvalue weighted by Gasteiger charge is 2.36. The first-order valence-electron chi connectivity index (χ1n) is 7.64. The van der Waals surface area contributed by atoms with Crippen LogP contribution in [0.4, 0.5) is 0 Å². The Morgan fingerprint density at radius 2 is 2.04 bits per heavy atom. The van der Waals surface area contributed by atoms with Gasteiger partial charge in [0.25, 0.3) is 0 Å². The fraction of sp³-hybridized carbons (Fsp3) is 0.562. The topological polar surface area (TPSA) is 59.6 Å². The summed E-state index contributed by atoms with van der Waals surface area (Å²) in [6.07, 6.45) is 2.76. The Hall–Kier alpha value is -0.240. The van der Waals surface area contributed by atoms with Crippen LogP contribution >= 0.6 is 47.2 Å². The third-order valence-electron chi connectivity index (χ3n) is 4.06. The molecule has 2 rings (SSSR count). The summed E-state index contributed by atoms with van der Waals surface area (Å²) in [6, 6.07) is 5.67. The Morgan fingerprint density at radius 3 is 2.65 bits per heavy atom. The Morgan fingerprint density at radius 1 is 1.35 bits per heavy atom. The van der Waals surface area contributed by atoms with E-state index >= 15 is 0 Å². The van der Waals surface area contributed by atoms with Crippen LogP contribution in [0.25, 0.3) is 0 Å². The van der Waals surface area contributed by atoms with Gasteiger partial charge >= 0.3 is 0 Å². The zero-order chi connectivity index (χ0) is 16.0. The van der Waals surface area contributed by atoms with Crippen molar-refractivity contribution < 1.29 is 4.74 Å². The molecule has 0 atom stereocenters. The number of benzene rings is 1. The monoisotopic (exact) mass is 471 g/mol. The van der Waals surface area contributed by atoms with Crippen LogP contribution < -0.4 is 11.1 Å². The number of guanidine groups is 1. The van der Waals surface area contributed by atoms with Gasteiger partial charge in [-0.15, -0.1) is 24.0 Å². The molecule has 1 aliphatic rings. The average molecular weight is 472 g/mol. The van der Waals surface area contributed by atoms with Crippen molar-refractivity contribution >= 4 is 53.1 Å². The molecule has 0 amide bonds. The Bertz CT molecular complexity index is 534. The summed E-state index contributed by atoms with van der Waals surface area (Å²) in [7, 11) is 0. The van der Waals surface area contributed by atoms with Gasteiger partial charge in [0.15, 0.2) is 5.96 Å². The van der Waals surface area contributed by atoms with Crippen LogP contribution in [-0.4, -0.2) is 32.3 Å². The Labute approximate surface area is 165 Å². The normalized spacial score (nSPS) is 17.4. The molecule has 3 N–H and O–H groups in total. The minimum atomic E-state index is -0.140. The van der Waals surface area contributed by atoms with Gasteiger partial charge in [-0.1, -0.05) is 36.2 Å². The molecule has 23 heavy (non-hydrogen) atoms. The lowest BCUT2D eigenvalue weighted by molar-refractivity contribution is 0.0531. The molecule has 1 aliphatic heterocycles. The zero-order valence-corrected chi connectivity index (χ0v) is 17.1. The third-order valence-corrected chi connectivity index (χ3v) is 4.61. The summed E-state index contributed by atoms with van der Waals surface area (Å²) < 4.78 is 5.52. The van der Waals surface area contributed by atoms with E-state index in [2.05, 4.69) is 17.2 Å². The second-order valence-corrected chi connectivity index (χ2v) is 6.49. The van der Waals surface area contributed by atoms with E-state index in [1.165, 1.54) is 0 Å². The van der Waals surface area contributed by atoms with Gasteiger partial charge in [0.1, 0.15) is 0 Å². The molecular formula is C16H24Cl2IN3O. The first-order valence-corrected chi connectivity index (χ1v) is 8.40. The molecule has 1 aromatic rings. The van der Waals surface area contributed by atoms with E-state index < -0.39 is 0 Å². The van der Waals surface area contributed by atoms with Crippen LogP contribution in [0.3, 0.4) is 0 Å². The van der Waals surface area contributed by atoms with Crippen molar-refractivity contribution in [3.05, 3.63) is 33.8 Å². The lowest BCUT2D eigenvalue weighted by atomic mass is 9.74. The largest absolute Gasteiger partial charge is 0.381 e. The van der Waals surface area contributed by atoms with Gasteiger partial charge in [-0.3, -0.25) is 4.99 Å². The van der Waals surface area contributed by atoms with Gasteiger partial charge in [-0.2, -0.15) is 0 Å². The van der Waals surface area contributed by atoms with E-state index in [1.54, 1.807) is 6.07 Å². The van der Waals surface area contributed by atoms with Crippen LogP contribution in [-0.2, 0) is 10.2 Å². The predicted molar refractivity (Wildman–Crippen MR) is 108 cm³/mol. The van der Waals surface area contributed by atoms with E-state index in [4.69, 9.17) is 33.7 Å². The summed E-state index contributed by atoms with van der Waals surface area (Å²) in [4.78, 5) is 4.53. The summed E-state index contributed by atoms with van der Waals surface area (Å²) in [5.41, 5.74) is 6.87. The third kappa shape index (κ3) is 5.66. The SMILES string of the molecule is CCCNC(N)=NCC1(c2ccc(Cl)cc2Cl)CCOCC1.I. The van der Waals surface area contributed by atoms with Crippen LogP contribution in [0, 0.1) is 0 Å². The van der Waals surface area contributed by atoms with Gasteiger partial charge < -0.3 is 15.8 Å². The van der Waals surface area contributed by atoms with Crippen molar-refractivity contribution in [2.24, 2.45) is 10.7 Å². The summed E-state index contributed by atoms with van der Waals surface area (Å²) in [5, 5.41) is 4.43. The minimum Gasteiger partial charge on any atom is -0.381 e. The molecule has 1 heterocycles. The number of hydrogen-bond donors (Lipinski definition) is 2. The fourth-order valence-corrected chi connectivity index (χ4v) is 3.35. The van der Waals surface area contributed by atoms with Crippen molar-refractivity contribution in [2.75, 3.05) is 26.3 Å².